The van der Waals surface area contributed by atoms with Gasteiger partial charge < -0.3 is 11.1 Å². The van der Waals surface area contributed by atoms with Gasteiger partial charge >= 0.3 is 0 Å². The van der Waals surface area contributed by atoms with Gasteiger partial charge in [-0.3, -0.25) is 9.48 Å². The predicted octanol–water partition coefficient (Wildman–Crippen LogP) is 2.18. The SMILES string of the molecule is CCn1ncc(N)c1C(=O)NC1CCCC(C)CC1. The number of carbonyl (C=O) groups excluding carboxylic acids is 1. The van der Waals surface area contributed by atoms with Crippen molar-refractivity contribution in [2.75, 3.05) is 5.73 Å². The molecule has 0 radical (unpaired) electrons. The van der Waals surface area contributed by atoms with E-state index in [1.54, 1.807) is 10.9 Å². The summed E-state index contributed by atoms with van der Waals surface area (Å²) in [5.41, 5.74) is 6.79. The summed E-state index contributed by atoms with van der Waals surface area (Å²) >= 11 is 0. The molecule has 2 atom stereocenters. The van der Waals surface area contributed by atoms with Crippen LogP contribution in [0.2, 0.25) is 0 Å². The molecule has 1 aromatic heterocycles. The molecule has 0 spiro atoms. The second-order valence-corrected chi connectivity index (χ2v) is 5.55. The van der Waals surface area contributed by atoms with Gasteiger partial charge in [-0.2, -0.15) is 5.10 Å². The highest BCUT2D eigenvalue weighted by Crippen LogP contribution is 2.23. The van der Waals surface area contributed by atoms with E-state index in [0.29, 0.717) is 17.9 Å². The zero-order valence-electron chi connectivity index (χ0n) is 11.9. The molecule has 1 aromatic rings. The van der Waals surface area contributed by atoms with Gasteiger partial charge in [0.25, 0.3) is 5.91 Å². The fourth-order valence-corrected chi connectivity index (χ4v) is 2.77. The lowest BCUT2D eigenvalue weighted by molar-refractivity contribution is 0.0923. The molecule has 2 unspecified atom stereocenters. The minimum absolute atomic E-state index is 0.0867. The fourth-order valence-electron chi connectivity index (χ4n) is 2.77. The van der Waals surface area contributed by atoms with Crippen LogP contribution in [0.25, 0.3) is 0 Å². The van der Waals surface area contributed by atoms with Gasteiger partial charge in [0, 0.05) is 12.6 Å². The van der Waals surface area contributed by atoms with Crippen molar-refractivity contribution < 1.29 is 4.79 Å². The summed E-state index contributed by atoms with van der Waals surface area (Å²) in [6.07, 6.45) is 7.32. The van der Waals surface area contributed by atoms with Gasteiger partial charge in [-0.15, -0.1) is 0 Å². The van der Waals surface area contributed by atoms with Crippen LogP contribution in [0, 0.1) is 5.92 Å². The summed E-state index contributed by atoms with van der Waals surface area (Å²) in [6.45, 7) is 4.90. The Morgan fingerprint density at radius 1 is 1.47 bits per heavy atom. The smallest absolute Gasteiger partial charge is 0.271 e. The lowest BCUT2D eigenvalue weighted by atomic mass is 10.0. The Morgan fingerprint density at radius 2 is 2.26 bits per heavy atom. The van der Waals surface area contributed by atoms with Crippen molar-refractivity contribution in [3.8, 4) is 0 Å². The number of anilines is 1. The molecule has 1 heterocycles. The summed E-state index contributed by atoms with van der Waals surface area (Å²) in [4.78, 5) is 12.3. The molecule has 0 aromatic carbocycles. The van der Waals surface area contributed by atoms with Crippen LogP contribution >= 0.6 is 0 Å². The van der Waals surface area contributed by atoms with Crippen molar-refractivity contribution in [1.29, 1.82) is 0 Å². The van der Waals surface area contributed by atoms with E-state index in [9.17, 15) is 4.79 Å². The number of amides is 1. The van der Waals surface area contributed by atoms with Crippen LogP contribution in [0.4, 0.5) is 5.69 Å². The molecular weight excluding hydrogens is 240 g/mol. The zero-order valence-corrected chi connectivity index (χ0v) is 11.9. The zero-order chi connectivity index (χ0) is 13.8. The predicted molar refractivity (Wildman–Crippen MR) is 75.8 cm³/mol. The molecule has 0 saturated heterocycles. The Morgan fingerprint density at radius 3 is 3.00 bits per heavy atom. The fraction of sp³-hybridized carbons (Fsp3) is 0.714. The average molecular weight is 264 g/mol. The van der Waals surface area contributed by atoms with Crippen LogP contribution < -0.4 is 11.1 Å². The maximum atomic E-state index is 12.3. The minimum Gasteiger partial charge on any atom is -0.396 e. The van der Waals surface area contributed by atoms with E-state index in [2.05, 4.69) is 17.3 Å². The topological polar surface area (TPSA) is 72.9 Å². The van der Waals surface area contributed by atoms with E-state index < -0.39 is 0 Å². The average Bonchev–Trinajstić information content (AvgIpc) is 2.64. The Kier molecular flexibility index (Phi) is 4.45. The van der Waals surface area contributed by atoms with Crippen molar-refractivity contribution in [1.82, 2.24) is 15.1 Å². The number of nitrogens with zero attached hydrogens (tertiary/aromatic N) is 2. The van der Waals surface area contributed by atoms with E-state index >= 15 is 0 Å². The third kappa shape index (κ3) is 3.28. The molecule has 106 valence electrons. The Labute approximate surface area is 114 Å². The Balaban J connectivity index is 2.02. The molecule has 1 saturated carbocycles. The van der Waals surface area contributed by atoms with Crippen molar-refractivity contribution in [2.24, 2.45) is 5.92 Å². The molecule has 5 heteroatoms. The monoisotopic (exact) mass is 264 g/mol. The summed E-state index contributed by atoms with van der Waals surface area (Å²) in [7, 11) is 0. The standard InChI is InChI=1S/C14H24N4O/c1-3-18-13(12(15)9-16-18)14(19)17-11-6-4-5-10(2)7-8-11/h9-11H,3-8,15H2,1-2H3,(H,17,19). The number of rotatable bonds is 3. The second-order valence-electron chi connectivity index (χ2n) is 5.55. The third-order valence-electron chi connectivity index (χ3n) is 3.98. The quantitative estimate of drug-likeness (QED) is 0.822. The maximum Gasteiger partial charge on any atom is 0.271 e. The molecule has 5 nitrogen and oxygen atoms in total. The van der Waals surface area contributed by atoms with E-state index in [-0.39, 0.29) is 11.9 Å². The number of carbonyl (C=O) groups is 1. The lowest BCUT2D eigenvalue weighted by Crippen LogP contribution is -2.36. The molecule has 1 amide bonds. The summed E-state index contributed by atoms with van der Waals surface area (Å²) in [6, 6.07) is 0.275. The van der Waals surface area contributed by atoms with Crippen molar-refractivity contribution >= 4 is 11.6 Å². The molecule has 0 bridgehead atoms. The molecule has 2 rings (SSSR count). The van der Waals surface area contributed by atoms with Crippen LogP contribution in [0.3, 0.4) is 0 Å². The highest BCUT2D eigenvalue weighted by molar-refractivity contribution is 5.97. The van der Waals surface area contributed by atoms with Gasteiger partial charge in [0.2, 0.25) is 0 Å². The van der Waals surface area contributed by atoms with Gasteiger partial charge in [-0.1, -0.05) is 19.8 Å². The first-order valence-electron chi connectivity index (χ1n) is 7.24. The maximum absolute atomic E-state index is 12.3. The molecule has 3 N–H and O–H groups in total. The highest BCUT2D eigenvalue weighted by Gasteiger charge is 2.21. The first-order valence-corrected chi connectivity index (χ1v) is 7.24. The van der Waals surface area contributed by atoms with Crippen LogP contribution in [0.15, 0.2) is 6.20 Å². The largest absolute Gasteiger partial charge is 0.396 e. The number of nitrogen functional groups attached to an aromatic ring is 1. The first kappa shape index (κ1) is 13.9. The second kappa shape index (κ2) is 6.08. The number of nitrogens with one attached hydrogen (secondary N) is 1. The van der Waals surface area contributed by atoms with Gasteiger partial charge in [-0.25, -0.2) is 0 Å². The number of hydrogen-bond donors (Lipinski definition) is 2. The van der Waals surface area contributed by atoms with Gasteiger partial charge in [0.1, 0.15) is 5.69 Å². The minimum atomic E-state index is -0.0867. The molecule has 1 aliphatic carbocycles. The van der Waals surface area contributed by atoms with Crippen molar-refractivity contribution in [2.45, 2.75) is 58.5 Å². The van der Waals surface area contributed by atoms with Gasteiger partial charge in [0.05, 0.1) is 11.9 Å². The van der Waals surface area contributed by atoms with E-state index in [1.807, 2.05) is 6.92 Å². The molecule has 0 aliphatic heterocycles. The van der Waals surface area contributed by atoms with E-state index in [4.69, 9.17) is 5.73 Å². The summed E-state index contributed by atoms with van der Waals surface area (Å²) in [5, 5.41) is 7.23. The summed E-state index contributed by atoms with van der Waals surface area (Å²) in [5.74, 6) is 0.685. The molecular formula is C14H24N4O. The highest BCUT2D eigenvalue weighted by atomic mass is 16.2. The number of hydrogen-bond acceptors (Lipinski definition) is 3. The van der Waals surface area contributed by atoms with E-state index in [1.165, 1.54) is 19.3 Å². The van der Waals surface area contributed by atoms with Crippen LogP contribution in [0.5, 0.6) is 0 Å². The number of aryl methyl sites for hydroxylation is 1. The Bertz CT molecular complexity index is 441. The van der Waals surface area contributed by atoms with Crippen molar-refractivity contribution in [3.63, 3.8) is 0 Å². The van der Waals surface area contributed by atoms with Crippen molar-refractivity contribution in [3.05, 3.63) is 11.9 Å². The molecule has 19 heavy (non-hydrogen) atoms. The van der Waals surface area contributed by atoms with E-state index in [0.717, 1.165) is 18.8 Å². The van der Waals surface area contributed by atoms with Crippen LogP contribution in [-0.4, -0.2) is 21.7 Å². The number of nitrogens with two attached hydrogens (primary N) is 1. The Hall–Kier alpha value is -1.52. The third-order valence-corrected chi connectivity index (χ3v) is 3.98. The number of aromatic nitrogens is 2. The normalized spacial score (nSPS) is 23.9. The van der Waals surface area contributed by atoms with Gasteiger partial charge in [-0.05, 0) is 32.1 Å². The van der Waals surface area contributed by atoms with Crippen LogP contribution in [-0.2, 0) is 6.54 Å². The molecule has 1 aliphatic rings. The van der Waals surface area contributed by atoms with Crippen LogP contribution in [0.1, 0.15) is 56.4 Å². The molecule has 1 fully saturated rings. The van der Waals surface area contributed by atoms with Gasteiger partial charge in [0.15, 0.2) is 0 Å². The first-order chi connectivity index (χ1) is 9.11. The summed E-state index contributed by atoms with van der Waals surface area (Å²) < 4.78 is 1.66. The lowest BCUT2D eigenvalue weighted by Gasteiger charge is -2.17.